The number of rotatable bonds is 10. The fourth-order valence-corrected chi connectivity index (χ4v) is 3.63. The lowest BCUT2D eigenvalue weighted by Gasteiger charge is -2.27. The number of hydrogen-bond acceptors (Lipinski definition) is 4. The Labute approximate surface area is 178 Å². The molecule has 160 valence electrons. The van der Waals surface area contributed by atoms with Crippen molar-refractivity contribution in [2.75, 3.05) is 26.3 Å². The first-order valence-electron chi connectivity index (χ1n) is 10.6. The quantitative estimate of drug-likeness (QED) is 0.590. The van der Waals surface area contributed by atoms with E-state index in [1.807, 2.05) is 60.7 Å². The van der Waals surface area contributed by atoms with Crippen molar-refractivity contribution >= 4 is 11.8 Å². The second-order valence-corrected chi connectivity index (χ2v) is 7.45. The lowest BCUT2D eigenvalue weighted by molar-refractivity contribution is -0.130. The molecule has 3 rings (SSSR count). The van der Waals surface area contributed by atoms with Crippen LogP contribution in [-0.4, -0.2) is 38.1 Å². The lowest BCUT2D eigenvalue weighted by Crippen LogP contribution is -2.39. The molecule has 2 amide bonds. The first-order valence-corrected chi connectivity index (χ1v) is 10.6. The van der Waals surface area contributed by atoms with Crippen molar-refractivity contribution in [3.63, 3.8) is 0 Å². The smallest absolute Gasteiger partial charge is 0.223 e. The summed E-state index contributed by atoms with van der Waals surface area (Å²) in [5.41, 5.74) is 0. The largest absolute Gasteiger partial charge is 0.492 e. The molecule has 6 nitrogen and oxygen atoms in total. The molecule has 1 aliphatic carbocycles. The molecular formula is C24H30N2O4. The van der Waals surface area contributed by atoms with E-state index in [2.05, 4.69) is 10.6 Å². The van der Waals surface area contributed by atoms with Gasteiger partial charge in [0.05, 0.1) is 13.1 Å². The topological polar surface area (TPSA) is 76.7 Å². The molecule has 0 heterocycles. The predicted molar refractivity (Wildman–Crippen MR) is 115 cm³/mol. The maximum Gasteiger partial charge on any atom is 0.223 e. The summed E-state index contributed by atoms with van der Waals surface area (Å²) in [5, 5.41) is 5.89. The maximum absolute atomic E-state index is 12.3. The minimum absolute atomic E-state index is 0.0211. The normalized spacial score (nSPS) is 18.3. The number of carbonyl (C=O) groups excluding carboxylic acids is 2. The van der Waals surface area contributed by atoms with Crippen LogP contribution in [0.2, 0.25) is 0 Å². The average Bonchev–Trinajstić information content (AvgIpc) is 2.81. The molecular weight excluding hydrogens is 380 g/mol. The number of benzene rings is 2. The van der Waals surface area contributed by atoms with Crippen LogP contribution in [0.25, 0.3) is 0 Å². The molecule has 30 heavy (non-hydrogen) atoms. The molecule has 0 aromatic heterocycles. The van der Waals surface area contributed by atoms with Gasteiger partial charge in [0, 0.05) is 11.8 Å². The third kappa shape index (κ3) is 7.10. The first kappa shape index (κ1) is 21.7. The van der Waals surface area contributed by atoms with E-state index in [0.717, 1.165) is 37.2 Å². The molecule has 0 saturated heterocycles. The molecule has 0 aliphatic heterocycles. The van der Waals surface area contributed by atoms with Crippen molar-refractivity contribution < 1.29 is 19.1 Å². The standard InChI is InChI=1S/C24H30N2O4/c27-23(25-15-17-29-21-7-3-1-4-8-21)19-11-13-20(14-12-19)24(28)26-16-18-30-22-9-5-2-6-10-22/h1-10,19-20H,11-18H2,(H,25,27)(H,26,28). The molecule has 0 radical (unpaired) electrons. The molecule has 0 unspecified atom stereocenters. The van der Waals surface area contributed by atoms with E-state index in [1.54, 1.807) is 0 Å². The Morgan fingerprint density at radius 1 is 0.667 bits per heavy atom. The maximum atomic E-state index is 12.3. The highest BCUT2D eigenvalue weighted by Crippen LogP contribution is 2.29. The minimum atomic E-state index is -0.0211. The van der Waals surface area contributed by atoms with Crippen LogP contribution >= 0.6 is 0 Å². The summed E-state index contributed by atoms with van der Waals surface area (Å²) < 4.78 is 11.2. The number of carbonyl (C=O) groups is 2. The molecule has 6 heteroatoms. The van der Waals surface area contributed by atoms with E-state index in [4.69, 9.17) is 9.47 Å². The molecule has 0 atom stereocenters. The van der Waals surface area contributed by atoms with Gasteiger partial charge >= 0.3 is 0 Å². The SMILES string of the molecule is O=C(NCCOc1ccccc1)C1CCC(C(=O)NCCOc2ccccc2)CC1. The Morgan fingerprint density at radius 3 is 1.40 bits per heavy atom. The highest BCUT2D eigenvalue weighted by molar-refractivity contribution is 5.81. The fraction of sp³-hybridized carbons (Fsp3) is 0.417. The zero-order chi connectivity index (χ0) is 21.0. The lowest BCUT2D eigenvalue weighted by atomic mass is 9.81. The third-order valence-electron chi connectivity index (χ3n) is 5.30. The van der Waals surface area contributed by atoms with Crippen LogP contribution in [0.15, 0.2) is 60.7 Å². The van der Waals surface area contributed by atoms with Crippen LogP contribution in [0, 0.1) is 11.8 Å². The van der Waals surface area contributed by atoms with Crippen molar-refractivity contribution in [3.8, 4) is 11.5 Å². The van der Waals surface area contributed by atoms with Gasteiger partial charge in [0.15, 0.2) is 0 Å². The monoisotopic (exact) mass is 410 g/mol. The van der Waals surface area contributed by atoms with Crippen LogP contribution < -0.4 is 20.1 Å². The molecule has 1 saturated carbocycles. The van der Waals surface area contributed by atoms with Crippen molar-refractivity contribution in [1.29, 1.82) is 0 Å². The summed E-state index contributed by atoms with van der Waals surface area (Å²) >= 11 is 0. The Morgan fingerprint density at radius 2 is 1.03 bits per heavy atom. The van der Waals surface area contributed by atoms with Gasteiger partial charge in [0.25, 0.3) is 0 Å². The summed E-state index contributed by atoms with van der Waals surface area (Å²) in [7, 11) is 0. The zero-order valence-corrected chi connectivity index (χ0v) is 17.2. The van der Waals surface area contributed by atoms with E-state index in [-0.39, 0.29) is 23.7 Å². The Kier molecular flexibility index (Phi) is 8.57. The molecule has 2 aromatic rings. The van der Waals surface area contributed by atoms with Gasteiger partial charge in [0.1, 0.15) is 24.7 Å². The number of para-hydroxylation sites is 2. The highest BCUT2D eigenvalue weighted by atomic mass is 16.5. The van der Waals surface area contributed by atoms with Crippen LogP contribution in [0.1, 0.15) is 25.7 Å². The summed E-state index contributed by atoms with van der Waals surface area (Å²) in [6, 6.07) is 19.1. The van der Waals surface area contributed by atoms with Gasteiger partial charge in [-0.25, -0.2) is 0 Å². The van der Waals surface area contributed by atoms with Gasteiger partial charge in [-0.15, -0.1) is 0 Å². The van der Waals surface area contributed by atoms with E-state index < -0.39 is 0 Å². The average molecular weight is 411 g/mol. The molecule has 2 aromatic carbocycles. The first-order chi connectivity index (χ1) is 14.7. The fourth-order valence-electron chi connectivity index (χ4n) is 3.63. The van der Waals surface area contributed by atoms with Gasteiger partial charge in [-0.2, -0.15) is 0 Å². The summed E-state index contributed by atoms with van der Waals surface area (Å²) in [6.07, 6.45) is 2.96. The molecule has 0 bridgehead atoms. The number of nitrogens with one attached hydrogen (secondary N) is 2. The van der Waals surface area contributed by atoms with E-state index in [1.165, 1.54) is 0 Å². The Bertz CT molecular complexity index is 707. The second-order valence-electron chi connectivity index (χ2n) is 7.45. The highest BCUT2D eigenvalue weighted by Gasteiger charge is 2.29. The van der Waals surface area contributed by atoms with Crippen molar-refractivity contribution in [2.24, 2.45) is 11.8 Å². The van der Waals surface area contributed by atoms with Crippen LogP contribution in [0.5, 0.6) is 11.5 Å². The molecule has 1 aliphatic rings. The van der Waals surface area contributed by atoms with Crippen molar-refractivity contribution in [1.82, 2.24) is 10.6 Å². The third-order valence-corrected chi connectivity index (χ3v) is 5.30. The zero-order valence-electron chi connectivity index (χ0n) is 17.2. The van der Waals surface area contributed by atoms with E-state index in [0.29, 0.717) is 26.3 Å². The summed E-state index contributed by atoms with van der Waals surface area (Å²) in [5.74, 6) is 1.67. The second kappa shape index (κ2) is 11.9. The van der Waals surface area contributed by atoms with Gasteiger partial charge < -0.3 is 20.1 Å². The summed E-state index contributed by atoms with van der Waals surface area (Å²) in [4.78, 5) is 24.7. The Balaban J connectivity index is 1.26. The Hall–Kier alpha value is -3.02. The van der Waals surface area contributed by atoms with Gasteiger partial charge in [-0.1, -0.05) is 36.4 Å². The number of ether oxygens (including phenoxy) is 2. The van der Waals surface area contributed by atoms with E-state index >= 15 is 0 Å². The van der Waals surface area contributed by atoms with Gasteiger partial charge in [-0.3, -0.25) is 9.59 Å². The van der Waals surface area contributed by atoms with Crippen LogP contribution in [-0.2, 0) is 9.59 Å². The molecule has 2 N–H and O–H groups in total. The predicted octanol–water partition coefficient (Wildman–Crippen LogP) is 3.18. The van der Waals surface area contributed by atoms with Gasteiger partial charge in [-0.05, 0) is 49.9 Å². The molecule has 0 spiro atoms. The van der Waals surface area contributed by atoms with Crippen molar-refractivity contribution in [3.05, 3.63) is 60.7 Å². The minimum Gasteiger partial charge on any atom is -0.492 e. The summed E-state index contributed by atoms with van der Waals surface area (Å²) in [6.45, 7) is 1.85. The van der Waals surface area contributed by atoms with E-state index in [9.17, 15) is 9.59 Å². The van der Waals surface area contributed by atoms with Gasteiger partial charge in [0.2, 0.25) is 11.8 Å². The number of hydrogen-bond donors (Lipinski definition) is 2. The molecule has 1 fully saturated rings. The van der Waals surface area contributed by atoms with Crippen molar-refractivity contribution in [2.45, 2.75) is 25.7 Å². The number of amides is 2. The van der Waals surface area contributed by atoms with Crippen LogP contribution in [0.4, 0.5) is 0 Å². The van der Waals surface area contributed by atoms with Crippen LogP contribution in [0.3, 0.4) is 0 Å².